The molecule has 0 radical (unpaired) electrons. The topological polar surface area (TPSA) is 46.4 Å². The highest BCUT2D eigenvalue weighted by Gasteiger charge is 2.35. The van der Waals surface area contributed by atoms with Crippen molar-refractivity contribution in [2.45, 2.75) is 12.3 Å². The molecular formula is C18H11F4N3OS. The number of halogens is 4. The van der Waals surface area contributed by atoms with E-state index in [4.69, 9.17) is 0 Å². The summed E-state index contributed by atoms with van der Waals surface area (Å²) in [5.74, 6) is -1.10. The summed E-state index contributed by atoms with van der Waals surface area (Å²) in [6.07, 6.45) is -5.57. The van der Waals surface area contributed by atoms with Gasteiger partial charge in [0, 0.05) is 5.38 Å². The first kappa shape index (κ1) is 17.5. The summed E-state index contributed by atoms with van der Waals surface area (Å²) in [6.45, 7) is 0. The zero-order chi connectivity index (χ0) is 19.2. The number of aromatic nitrogens is 2. The Morgan fingerprint density at radius 1 is 1.15 bits per heavy atom. The van der Waals surface area contributed by atoms with Gasteiger partial charge < -0.3 is 5.32 Å². The Labute approximate surface area is 154 Å². The van der Waals surface area contributed by atoms with Crippen molar-refractivity contribution in [2.24, 2.45) is 0 Å². The minimum Gasteiger partial charge on any atom is -0.305 e. The van der Waals surface area contributed by atoms with Crippen LogP contribution in [-0.2, 0) is 11.0 Å². The summed E-state index contributed by atoms with van der Waals surface area (Å²) in [4.78, 5) is 16.1. The number of carbonyl (C=O) groups excluding carboxylic acids is 1. The fourth-order valence-electron chi connectivity index (χ4n) is 2.78. The lowest BCUT2D eigenvalue weighted by Gasteiger charge is -2.09. The molecule has 0 aliphatic carbocycles. The molecule has 0 saturated carbocycles. The Hall–Kier alpha value is -2.94. The Morgan fingerprint density at radius 3 is 2.63 bits per heavy atom. The molecule has 2 aromatic heterocycles. The summed E-state index contributed by atoms with van der Waals surface area (Å²) in [6, 6.07) is 12.1. The van der Waals surface area contributed by atoms with Gasteiger partial charge >= 0.3 is 6.18 Å². The van der Waals surface area contributed by atoms with Crippen LogP contribution in [0.3, 0.4) is 0 Å². The molecular weight excluding hydrogens is 382 g/mol. The minimum absolute atomic E-state index is 0.0846. The molecule has 0 fully saturated rings. The predicted molar refractivity (Wildman–Crippen MR) is 94.5 cm³/mol. The van der Waals surface area contributed by atoms with E-state index in [0.29, 0.717) is 0 Å². The van der Waals surface area contributed by atoms with Gasteiger partial charge in [-0.15, -0.1) is 11.3 Å². The molecule has 1 atom stereocenters. The van der Waals surface area contributed by atoms with Crippen LogP contribution in [0, 0.1) is 0 Å². The zero-order valence-electron chi connectivity index (χ0n) is 13.5. The third-order valence-corrected chi connectivity index (χ3v) is 5.05. The molecule has 9 heteroatoms. The van der Waals surface area contributed by atoms with Gasteiger partial charge in [-0.3, -0.25) is 9.20 Å². The van der Waals surface area contributed by atoms with Crippen molar-refractivity contribution in [1.29, 1.82) is 0 Å². The fraction of sp³-hybridized carbons (Fsp3) is 0.111. The number of nitrogens with one attached hydrogen (secondary N) is 1. The molecule has 0 saturated heterocycles. The predicted octanol–water partition coefficient (Wildman–Crippen LogP) is 5.22. The number of nitrogens with zero attached hydrogens (tertiary/aromatic N) is 2. The zero-order valence-corrected chi connectivity index (χ0v) is 14.3. The van der Waals surface area contributed by atoms with Crippen molar-refractivity contribution in [3.8, 4) is 0 Å². The maximum absolute atomic E-state index is 14.6. The van der Waals surface area contributed by atoms with Gasteiger partial charge in [0.1, 0.15) is 16.9 Å². The van der Waals surface area contributed by atoms with Crippen molar-refractivity contribution in [3.05, 3.63) is 65.4 Å². The monoisotopic (exact) mass is 393 g/mol. The van der Waals surface area contributed by atoms with Gasteiger partial charge in [0.15, 0.2) is 5.82 Å². The quantitative estimate of drug-likeness (QED) is 0.485. The highest BCUT2D eigenvalue weighted by Crippen LogP contribution is 2.35. The number of rotatable bonds is 3. The Balaban J connectivity index is 1.59. The third kappa shape index (κ3) is 3.14. The van der Waals surface area contributed by atoms with Crippen LogP contribution in [-0.4, -0.2) is 15.3 Å². The molecule has 1 N–H and O–H groups in total. The van der Waals surface area contributed by atoms with Gasteiger partial charge in [0.2, 0.25) is 6.17 Å². The number of alkyl halides is 4. The number of amides is 1. The fourth-order valence-corrected chi connectivity index (χ4v) is 3.72. The lowest BCUT2D eigenvalue weighted by Crippen LogP contribution is -2.18. The van der Waals surface area contributed by atoms with Crippen LogP contribution < -0.4 is 5.32 Å². The number of hydrogen-bond donors (Lipinski definition) is 1. The van der Waals surface area contributed by atoms with Crippen molar-refractivity contribution in [1.82, 2.24) is 9.38 Å². The number of fused-ring (bicyclic) bond motifs is 2. The second-order valence-corrected chi connectivity index (χ2v) is 6.70. The number of benzene rings is 2. The standard InChI is InChI=1S/C18H11F4N3OS/c19-14(12-6-5-10-3-1-2-4-11(10)7-12)16(26)24-15-17-25(9-23-15)13(8-27-17)18(20,21)22/h1-9,14H,(H,24,26). The maximum atomic E-state index is 14.6. The van der Waals surface area contributed by atoms with Crippen molar-refractivity contribution in [2.75, 3.05) is 5.32 Å². The van der Waals surface area contributed by atoms with E-state index >= 15 is 0 Å². The summed E-state index contributed by atoms with van der Waals surface area (Å²) in [7, 11) is 0. The van der Waals surface area contributed by atoms with Crippen LogP contribution in [0.2, 0.25) is 0 Å². The van der Waals surface area contributed by atoms with E-state index in [9.17, 15) is 22.4 Å². The van der Waals surface area contributed by atoms with Crippen LogP contribution in [0.15, 0.2) is 54.2 Å². The number of thiazole rings is 1. The van der Waals surface area contributed by atoms with E-state index in [-0.39, 0.29) is 16.2 Å². The van der Waals surface area contributed by atoms with E-state index in [0.717, 1.165) is 38.2 Å². The van der Waals surface area contributed by atoms with Gasteiger partial charge in [0.05, 0.1) is 0 Å². The first-order valence-electron chi connectivity index (χ1n) is 7.80. The first-order chi connectivity index (χ1) is 12.8. The normalized spacial score (nSPS) is 13.2. The average Bonchev–Trinajstić information content (AvgIpc) is 3.23. The minimum atomic E-state index is -4.55. The summed E-state index contributed by atoms with van der Waals surface area (Å²) < 4.78 is 54.2. The van der Waals surface area contributed by atoms with Crippen molar-refractivity contribution < 1.29 is 22.4 Å². The van der Waals surface area contributed by atoms with Gasteiger partial charge in [-0.05, 0) is 22.4 Å². The SMILES string of the molecule is O=C(Nc1ncn2c(C(F)(F)F)csc12)C(F)c1ccc2ccccc2c1. The second kappa shape index (κ2) is 6.34. The second-order valence-electron chi connectivity index (χ2n) is 5.85. The molecule has 2 aromatic carbocycles. The van der Waals surface area contributed by atoms with Crippen molar-refractivity contribution >= 4 is 38.7 Å². The number of carbonyl (C=O) groups is 1. The highest BCUT2D eigenvalue weighted by molar-refractivity contribution is 7.16. The molecule has 4 rings (SSSR count). The molecule has 0 aliphatic heterocycles. The van der Waals surface area contributed by atoms with Crippen LogP contribution >= 0.6 is 11.3 Å². The molecule has 0 spiro atoms. The first-order valence-corrected chi connectivity index (χ1v) is 8.68. The Morgan fingerprint density at radius 2 is 1.89 bits per heavy atom. The number of hydrogen-bond acceptors (Lipinski definition) is 3. The average molecular weight is 393 g/mol. The van der Waals surface area contributed by atoms with E-state index in [1.807, 2.05) is 12.1 Å². The van der Waals surface area contributed by atoms with Crippen LogP contribution in [0.4, 0.5) is 23.4 Å². The molecule has 4 nitrogen and oxygen atoms in total. The number of anilines is 1. The van der Waals surface area contributed by atoms with Crippen molar-refractivity contribution in [3.63, 3.8) is 0 Å². The van der Waals surface area contributed by atoms with Gasteiger partial charge in [-0.1, -0.05) is 36.4 Å². The summed E-state index contributed by atoms with van der Waals surface area (Å²) in [5.41, 5.74) is -0.745. The summed E-state index contributed by atoms with van der Waals surface area (Å²) in [5, 5.41) is 4.88. The molecule has 0 bridgehead atoms. The van der Waals surface area contributed by atoms with E-state index in [1.54, 1.807) is 24.3 Å². The molecule has 27 heavy (non-hydrogen) atoms. The number of imidazole rings is 1. The molecule has 138 valence electrons. The van der Waals surface area contributed by atoms with Crippen LogP contribution in [0.5, 0.6) is 0 Å². The molecule has 0 aliphatic rings. The highest BCUT2D eigenvalue weighted by atomic mass is 32.1. The van der Waals surface area contributed by atoms with Crippen LogP contribution in [0.1, 0.15) is 17.4 Å². The summed E-state index contributed by atoms with van der Waals surface area (Å²) >= 11 is 0.769. The van der Waals surface area contributed by atoms with Crippen LogP contribution in [0.25, 0.3) is 15.6 Å². The molecule has 1 amide bonds. The largest absolute Gasteiger partial charge is 0.432 e. The molecule has 2 heterocycles. The lowest BCUT2D eigenvalue weighted by molar-refractivity contribution is -0.141. The Kier molecular flexibility index (Phi) is 4.11. The molecule has 1 unspecified atom stereocenters. The van der Waals surface area contributed by atoms with E-state index in [1.165, 1.54) is 6.07 Å². The lowest BCUT2D eigenvalue weighted by atomic mass is 10.0. The van der Waals surface area contributed by atoms with E-state index < -0.39 is 23.9 Å². The van der Waals surface area contributed by atoms with Gasteiger partial charge in [-0.2, -0.15) is 13.2 Å². The Bertz CT molecular complexity index is 1150. The smallest absolute Gasteiger partial charge is 0.305 e. The third-order valence-electron chi connectivity index (χ3n) is 4.09. The van der Waals surface area contributed by atoms with Gasteiger partial charge in [-0.25, -0.2) is 9.37 Å². The van der Waals surface area contributed by atoms with E-state index in [2.05, 4.69) is 10.3 Å². The molecule has 4 aromatic rings. The van der Waals surface area contributed by atoms with Gasteiger partial charge in [0.25, 0.3) is 5.91 Å². The maximum Gasteiger partial charge on any atom is 0.432 e.